The van der Waals surface area contributed by atoms with E-state index in [0.29, 0.717) is 23.8 Å². The van der Waals surface area contributed by atoms with E-state index in [-0.39, 0.29) is 17.8 Å². The Hall–Kier alpha value is -1.42. The van der Waals surface area contributed by atoms with Crippen molar-refractivity contribution in [3.05, 3.63) is 23.8 Å². The second kappa shape index (κ2) is 6.14. The summed E-state index contributed by atoms with van der Waals surface area (Å²) in [6.45, 7) is 9.93. The SMILES string of the molecule is C=C1CCC=C(COOC(C)=O)C(=O)CC2C1CC2(C)C. The van der Waals surface area contributed by atoms with Crippen LogP contribution in [0.1, 0.15) is 46.5 Å². The quantitative estimate of drug-likeness (QED) is 0.454. The maximum absolute atomic E-state index is 12.5. The van der Waals surface area contributed by atoms with E-state index in [0.717, 1.165) is 19.3 Å². The predicted molar refractivity (Wildman–Crippen MR) is 79.2 cm³/mol. The molecule has 2 aliphatic rings. The third-order valence-electron chi connectivity index (χ3n) is 4.77. The van der Waals surface area contributed by atoms with Crippen molar-refractivity contribution in [1.29, 1.82) is 0 Å². The van der Waals surface area contributed by atoms with Crippen LogP contribution in [0, 0.1) is 17.3 Å². The topological polar surface area (TPSA) is 52.6 Å². The number of carbonyl (C=O) groups excluding carboxylic acids is 2. The Labute approximate surface area is 126 Å². The van der Waals surface area contributed by atoms with E-state index in [1.807, 2.05) is 6.08 Å². The molecule has 2 unspecified atom stereocenters. The highest BCUT2D eigenvalue weighted by Crippen LogP contribution is 2.56. The summed E-state index contributed by atoms with van der Waals surface area (Å²) in [4.78, 5) is 32.5. The first-order chi connectivity index (χ1) is 9.81. The van der Waals surface area contributed by atoms with Crippen molar-refractivity contribution in [2.45, 2.75) is 46.5 Å². The lowest BCUT2D eigenvalue weighted by Crippen LogP contribution is -2.45. The fourth-order valence-corrected chi connectivity index (χ4v) is 3.47. The van der Waals surface area contributed by atoms with Gasteiger partial charge in [0, 0.05) is 18.9 Å². The first kappa shape index (κ1) is 16.0. The first-order valence-electron chi connectivity index (χ1n) is 7.51. The van der Waals surface area contributed by atoms with Crippen molar-refractivity contribution in [3.63, 3.8) is 0 Å². The third kappa shape index (κ3) is 3.62. The molecule has 4 heteroatoms. The van der Waals surface area contributed by atoms with E-state index in [4.69, 9.17) is 4.89 Å². The van der Waals surface area contributed by atoms with Crippen molar-refractivity contribution in [2.24, 2.45) is 17.3 Å². The van der Waals surface area contributed by atoms with E-state index < -0.39 is 5.97 Å². The molecule has 21 heavy (non-hydrogen) atoms. The highest BCUT2D eigenvalue weighted by molar-refractivity contribution is 5.96. The average Bonchev–Trinajstić information content (AvgIpc) is 2.43. The van der Waals surface area contributed by atoms with E-state index in [1.165, 1.54) is 12.5 Å². The summed E-state index contributed by atoms with van der Waals surface area (Å²) in [6, 6.07) is 0. The van der Waals surface area contributed by atoms with Gasteiger partial charge in [-0.25, -0.2) is 4.79 Å². The number of carbonyl (C=O) groups is 2. The lowest BCUT2D eigenvalue weighted by Gasteiger charge is -2.52. The lowest BCUT2D eigenvalue weighted by atomic mass is 9.52. The third-order valence-corrected chi connectivity index (χ3v) is 4.77. The van der Waals surface area contributed by atoms with Gasteiger partial charge in [-0.3, -0.25) is 9.68 Å². The second-order valence-electron chi connectivity index (χ2n) is 6.80. The molecule has 0 aliphatic heterocycles. The van der Waals surface area contributed by atoms with Crippen molar-refractivity contribution in [2.75, 3.05) is 6.61 Å². The van der Waals surface area contributed by atoms with Crippen LogP contribution in [-0.4, -0.2) is 18.4 Å². The zero-order chi connectivity index (χ0) is 15.6. The second-order valence-corrected chi connectivity index (χ2v) is 6.80. The fraction of sp³-hybridized carbons (Fsp3) is 0.647. The molecule has 0 spiro atoms. The van der Waals surface area contributed by atoms with Gasteiger partial charge < -0.3 is 0 Å². The van der Waals surface area contributed by atoms with Crippen molar-refractivity contribution >= 4 is 11.8 Å². The lowest BCUT2D eigenvalue weighted by molar-refractivity contribution is -0.264. The standard InChI is InChI=1S/C17H24O4/c1-11-6-5-7-13(10-20-21-12(2)18)16(19)8-15-14(11)9-17(15,3)4/h7,14-15H,1,5-6,8-10H2,2-4H3. The zero-order valence-corrected chi connectivity index (χ0v) is 13.1. The number of rotatable bonds is 3. The number of fused-ring (bicyclic) bond motifs is 1. The molecule has 0 saturated heterocycles. The van der Waals surface area contributed by atoms with Gasteiger partial charge >= 0.3 is 5.97 Å². The molecule has 1 saturated carbocycles. The van der Waals surface area contributed by atoms with Crippen LogP contribution in [0.15, 0.2) is 23.8 Å². The summed E-state index contributed by atoms with van der Waals surface area (Å²) in [5.74, 6) is 0.401. The summed E-state index contributed by atoms with van der Waals surface area (Å²) in [5.41, 5.74) is 2.05. The number of allylic oxidation sites excluding steroid dienone is 2. The van der Waals surface area contributed by atoms with E-state index >= 15 is 0 Å². The van der Waals surface area contributed by atoms with Gasteiger partial charge in [0.2, 0.25) is 0 Å². The van der Waals surface area contributed by atoms with Crippen LogP contribution in [0.2, 0.25) is 0 Å². The van der Waals surface area contributed by atoms with Crippen LogP contribution < -0.4 is 0 Å². The molecule has 2 aliphatic carbocycles. The molecular formula is C17H24O4. The molecule has 4 nitrogen and oxygen atoms in total. The van der Waals surface area contributed by atoms with Crippen LogP contribution in [0.4, 0.5) is 0 Å². The van der Waals surface area contributed by atoms with Crippen LogP contribution in [-0.2, 0) is 19.4 Å². The molecule has 2 rings (SSSR count). The summed E-state index contributed by atoms with van der Waals surface area (Å²) in [7, 11) is 0. The molecule has 0 amide bonds. The predicted octanol–water partition coefficient (Wildman–Crippen LogP) is 3.38. The van der Waals surface area contributed by atoms with Crippen LogP contribution >= 0.6 is 0 Å². The highest BCUT2D eigenvalue weighted by Gasteiger charge is 2.48. The normalized spacial score (nSPS) is 28.4. The van der Waals surface area contributed by atoms with Crippen LogP contribution in [0.5, 0.6) is 0 Å². The average molecular weight is 292 g/mol. The number of Topliss-reactive ketones (excluding diaryl/α,β-unsaturated/α-hetero) is 1. The molecule has 0 aromatic carbocycles. The molecule has 0 N–H and O–H groups in total. The number of hydrogen-bond donors (Lipinski definition) is 0. The van der Waals surface area contributed by atoms with Crippen molar-refractivity contribution in [1.82, 2.24) is 0 Å². The molecule has 0 bridgehead atoms. The Balaban J connectivity index is 2.06. The summed E-state index contributed by atoms with van der Waals surface area (Å²) in [6.07, 6.45) is 5.22. The fourth-order valence-electron chi connectivity index (χ4n) is 3.47. The number of ketones is 1. The van der Waals surface area contributed by atoms with Gasteiger partial charge in [0.25, 0.3) is 0 Å². The molecule has 116 valence electrons. The van der Waals surface area contributed by atoms with Crippen molar-refractivity contribution < 1.29 is 19.4 Å². The minimum Gasteiger partial charge on any atom is -0.298 e. The molecule has 0 aromatic heterocycles. The molecule has 0 aromatic rings. The molecule has 2 atom stereocenters. The summed E-state index contributed by atoms with van der Waals surface area (Å²) < 4.78 is 0. The highest BCUT2D eigenvalue weighted by atomic mass is 17.2. The van der Waals surface area contributed by atoms with Gasteiger partial charge in [0.15, 0.2) is 5.78 Å². The largest absolute Gasteiger partial charge is 0.339 e. The van der Waals surface area contributed by atoms with Crippen LogP contribution in [0.3, 0.4) is 0 Å². The Morgan fingerprint density at radius 3 is 2.81 bits per heavy atom. The van der Waals surface area contributed by atoms with Gasteiger partial charge in [0.1, 0.15) is 6.61 Å². The van der Waals surface area contributed by atoms with Crippen molar-refractivity contribution in [3.8, 4) is 0 Å². The smallest absolute Gasteiger partial charge is 0.298 e. The summed E-state index contributed by atoms with van der Waals surface area (Å²) >= 11 is 0. The monoisotopic (exact) mass is 292 g/mol. The molecular weight excluding hydrogens is 268 g/mol. The Bertz CT molecular complexity index is 487. The molecule has 0 radical (unpaired) electrons. The Morgan fingerprint density at radius 1 is 1.48 bits per heavy atom. The van der Waals surface area contributed by atoms with Crippen LogP contribution in [0.25, 0.3) is 0 Å². The Morgan fingerprint density at radius 2 is 2.19 bits per heavy atom. The van der Waals surface area contributed by atoms with Gasteiger partial charge in [-0.15, -0.1) is 0 Å². The van der Waals surface area contributed by atoms with Gasteiger partial charge in [-0.2, -0.15) is 4.89 Å². The minimum absolute atomic E-state index is 0.0305. The van der Waals surface area contributed by atoms with E-state index in [9.17, 15) is 9.59 Å². The molecule has 1 fully saturated rings. The van der Waals surface area contributed by atoms with Gasteiger partial charge in [-0.05, 0) is 36.5 Å². The van der Waals surface area contributed by atoms with E-state index in [2.05, 4.69) is 25.3 Å². The maximum atomic E-state index is 12.5. The first-order valence-corrected chi connectivity index (χ1v) is 7.51. The minimum atomic E-state index is -0.514. The zero-order valence-electron chi connectivity index (χ0n) is 13.1. The summed E-state index contributed by atoms with van der Waals surface area (Å²) in [5, 5.41) is 0. The molecule has 0 heterocycles. The Kier molecular flexibility index (Phi) is 4.67. The maximum Gasteiger partial charge on any atom is 0.339 e. The van der Waals surface area contributed by atoms with Gasteiger partial charge in [-0.1, -0.05) is 32.1 Å². The van der Waals surface area contributed by atoms with E-state index in [1.54, 1.807) is 0 Å². The number of hydrogen-bond acceptors (Lipinski definition) is 4. The van der Waals surface area contributed by atoms with Gasteiger partial charge in [0.05, 0.1) is 0 Å².